The van der Waals surface area contributed by atoms with Gasteiger partial charge in [0.25, 0.3) is 0 Å². The molecular weight excluding hydrogens is 430 g/mol. The minimum Gasteiger partial charge on any atom is -0.481 e. The fourth-order valence-electron chi connectivity index (χ4n) is 2.39. The Labute approximate surface area is 184 Å². The van der Waals surface area contributed by atoms with Crippen LogP contribution < -0.4 is 27.4 Å². The first kappa shape index (κ1) is 28.7. The van der Waals surface area contributed by atoms with E-state index in [1.807, 2.05) is 0 Å². The summed E-state index contributed by atoms with van der Waals surface area (Å²) in [6, 6.07) is -5.47. The Morgan fingerprint density at radius 1 is 0.781 bits per heavy atom. The van der Waals surface area contributed by atoms with Crippen molar-refractivity contribution in [3.05, 3.63) is 0 Å². The summed E-state index contributed by atoms with van der Waals surface area (Å²) in [4.78, 5) is 70.1. The van der Waals surface area contributed by atoms with Crippen LogP contribution in [0.2, 0.25) is 0 Å². The van der Waals surface area contributed by atoms with Crippen molar-refractivity contribution in [3.63, 3.8) is 0 Å². The van der Waals surface area contributed by atoms with Crippen LogP contribution in [0.5, 0.6) is 0 Å². The van der Waals surface area contributed by atoms with Crippen LogP contribution in [-0.2, 0) is 28.8 Å². The van der Waals surface area contributed by atoms with Gasteiger partial charge in [-0.25, -0.2) is 4.79 Å². The highest BCUT2D eigenvalue weighted by atomic mass is 16.4. The third-order valence-electron chi connectivity index (χ3n) is 4.41. The number of aliphatic hydroxyl groups excluding tert-OH is 1. The summed E-state index contributed by atoms with van der Waals surface area (Å²) in [6.45, 7) is 2.50. The molecule has 0 aliphatic heterocycles. The van der Waals surface area contributed by atoms with Crippen LogP contribution in [0.15, 0.2) is 0 Å². The van der Waals surface area contributed by atoms with Crippen LogP contribution in [0.3, 0.4) is 0 Å². The lowest BCUT2D eigenvalue weighted by Gasteiger charge is -2.24. The van der Waals surface area contributed by atoms with Crippen molar-refractivity contribution < 1.29 is 44.1 Å². The van der Waals surface area contributed by atoms with Crippen LogP contribution in [0.1, 0.15) is 39.5 Å². The van der Waals surface area contributed by atoms with Crippen molar-refractivity contribution in [2.45, 2.75) is 63.7 Å². The number of aliphatic carboxylic acids is 2. The average Bonchev–Trinajstić information content (AvgIpc) is 2.70. The van der Waals surface area contributed by atoms with Gasteiger partial charge in [0.05, 0.1) is 12.6 Å². The number of carbonyl (C=O) groups excluding carboxylic acids is 4. The lowest BCUT2D eigenvalue weighted by Crippen LogP contribution is -2.58. The molecule has 0 heterocycles. The molecule has 182 valence electrons. The second kappa shape index (κ2) is 13.9. The zero-order valence-electron chi connectivity index (χ0n) is 17.9. The van der Waals surface area contributed by atoms with E-state index in [1.54, 1.807) is 13.8 Å². The summed E-state index contributed by atoms with van der Waals surface area (Å²) in [5.41, 5.74) is 10.7. The highest BCUT2D eigenvalue weighted by molar-refractivity contribution is 5.94. The third kappa shape index (κ3) is 10.7. The van der Waals surface area contributed by atoms with E-state index in [2.05, 4.69) is 16.0 Å². The summed E-state index contributed by atoms with van der Waals surface area (Å²) >= 11 is 0. The molecule has 32 heavy (non-hydrogen) atoms. The summed E-state index contributed by atoms with van der Waals surface area (Å²) < 4.78 is 0. The third-order valence-corrected chi connectivity index (χ3v) is 4.41. The molecule has 0 radical (unpaired) electrons. The molecule has 0 rings (SSSR count). The molecule has 0 spiro atoms. The highest BCUT2D eigenvalue weighted by Gasteiger charge is 2.30. The van der Waals surface area contributed by atoms with E-state index >= 15 is 0 Å². The van der Waals surface area contributed by atoms with E-state index in [0.717, 1.165) is 0 Å². The van der Waals surface area contributed by atoms with Gasteiger partial charge in [0.15, 0.2) is 0 Å². The van der Waals surface area contributed by atoms with E-state index in [1.165, 1.54) is 0 Å². The van der Waals surface area contributed by atoms with Crippen LogP contribution in [0, 0.1) is 5.92 Å². The van der Waals surface area contributed by atoms with Gasteiger partial charge >= 0.3 is 11.9 Å². The monoisotopic (exact) mass is 461 g/mol. The molecule has 0 saturated carbocycles. The van der Waals surface area contributed by atoms with Gasteiger partial charge in [-0.1, -0.05) is 13.8 Å². The van der Waals surface area contributed by atoms with Gasteiger partial charge in [-0.05, 0) is 18.8 Å². The number of primary amides is 1. The van der Waals surface area contributed by atoms with E-state index in [-0.39, 0.29) is 18.8 Å². The van der Waals surface area contributed by atoms with Crippen LogP contribution in [0.4, 0.5) is 0 Å². The van der Waals surface area contributed by atoms with Crippen molar-refractivity contribution in [2.24, 2.45) is 17.4 Å². The van der Waals surface area contributed by atoms with Crippen LogP contribution >= 0.6 is 0 Å². The minimum absolute atomic E-state index is 0.264. The molecule has 10 N–H and O–H groups in total. The Morgan fingerprint density at radius 3 is 1.69 bits per heavy atom. The number of carboxylic acid groups (broad SMARTS) is 2. The molecule has 0 aliphatic carbocycles. The number of amides is 4. The maximum absolute atomic E-state index is 12.5. The first-order valence-corrected chi connectivity index (χ1v) is 9.80. The summed E-state index contributed by atoms with van der Waals surface area (Å²) in [5.74, 6) is -6.56. The Bertz CT molecular complexity index is 713. The Hall–Kier alpha value is -3.26. The molecule has 0 aromatic rings. The van der Waals surface area contributed by atoms with Crippen molar-refractivity contribution in [2.75, 3.05) is 6.61 Å². The first-order chi connectivity index (χ1) is 14.8. The first-order valence-electron chi connectivity index (χ1n) is 9.80. The number of carboxylic acids is 2. The molecule has 0 aromatic heterocycles. The highest BCUT2D eigenvalue weighted by Crippen LogP contribution is 2.04. The smallest absolute Gasteiger partial charge is 0.326 e. The van der Waals surface area contributed by atoms with E-state index in [0.29, 0.717) is 0 Å². The van der Waals surface area contributed by atoms with Crippen molar-refractivity contribution in [1.29, 1.82) is 0 Å². The van der Waals surface area contributed by atoms with E-state index in [9.17, 15) is 39.0 Å². The molecule has 0 bridgehead atoms. The molecule has 14 heteroatoms. The fourth-order valence-corrected chi connectivity index (χ4v) is 2.39. The standard InChI is InChI=1S/C18H31N5O9/c1-8(2)14(20)17(30)23-11(7-24)16(29)21-9(4-6-13(26)27)15(28)22-10(18(31)32)3-5-12(19)25/h8-11,14,24H,3-7,20H2,1-2H3,(H2,19,25)(H,21,29)(H,22,28)(H,23,30)(H,26,27)(H,31,32). The van der Waals surface area contributed by atoms with Crippen molar-refractivity contribution in [3.8, 4) is 0 Å². The van der Waals surface area contributed by atoms with Gasteiger partial charge in [-0.2, -0.15) is 0 Å². The van der Waals surface area contributed by atoms with Gasteiger partial charge < -0.3 is 42.7 Å². The van der Waals surface area contributed by atoms with Gasteiger partial charge in [0.2, 0.25) is 23.6 Å². The molecule has 0 fully saturated rings. The SMILES string of the molecule is CC(C)C(N)C(=O)NC(CO)C(=O)NC(CCC(=O)O)C(=O)NC(CCC(N)=O)C(=O)O. The zero-order valence-corrected chi connectivity index (χ0v) is 17.9. The number of nitrogens with one attached hydrogen (secondary N) is 3. The number of rotatable bonds is 15. The lowest BCUT2D eigenvalue weighted by molar-refractivity contribution is -0.143. The molecule has 0 aliphatic rings. The van der Waals surface area contributed by atoms with Crippen molar-refractivity contribution in [1.82, 2.24) is 16.0 Å². The lowest BCUT2D eigenvalue weighted by atomic mass is 10.0. The molecule has 4 unspecified atom stereocenters. The molecule has 4 atom stereocenters. The van der Waals surface area contributed by atoms with E-state index < -0.39 is 79.2 Å². The quantitative estimate of drug-likeness (QED) is 0.120. The molecular formula is C18H31N5O9. The number of hydrogen-bond acceptors (Lipinski definition) is 8. The normalized spacial score (nSPS) is 14.5. The predicted octanol–water partition coefficient (Wildman–Crippen LogP) is -3.37. The number of nitrogens with two attached hydrogens (primary N) is 2. The number of hydrogen-bond donors (Lipinski definition) is 8. The largest absolute Gasteiger partial charge is 0.481 e. The number of aliphatic hydroxyl groups is 1. The molecule has 0 saturated heterocycles. The van der Waals surface area contributed by atoms with Crippen molar-refractivity contribution >= 4 is 35.6 Å². The minimum atomic E-state index is -1.52. The molecule has 14 nitrogen and oxygen atoms in total. The molecule has 0 aromatic carbocycles. The number of carbonyl (C=O) groups is 6. The van der Waals surface area contributed by atoms with Gasteiger partial charge in [0, 0.05) is 12.8 Å². The van der Waals surface area contributed by atoms with Gasteiger partial charge in [0.1, 0.15) is 18.1 Å². The van der Waals surface area contributed by atoms with E-state index in [4.69, 9.17) is 16.6 Å². The summed E-state index contributed by atoms with van der Waals surface area (Å²) in [6.07, 6.45) is -1.62. The van der Waals surface area contributed by atoms with Crippen LogP contribution in [-0.4, -0.2) is 81.7 Å². The maximum atomic E-state index is 12.5. The Morgan fingerprint density at radius 2 is 1.25 bits per heavy atom. The average molecular weight is 461 g/mol. The summed E-state index contributed by atoms with van der Waals surface area (Å²) in [5, 5.41) is 34.1. The second-order valence-corrected chi connectivity index (χ2v) is 7.41. The fraction of sp³-hybridized carbons (Fsp3) is 0.667. The Balaban J connectivity index is 5.37. The second-order valence-electron chi connectivity index (χ2n) is 7.41. The van der Waals surface area contributed by atoms with Crippen LogP contribution in [0.25, 0.3) is 0 Å². The zero-order chi connectivity index (χ0) is 25.0. The van der Waals surface area contributed by atoms with Gasteiger partial charge in [-0.15, -0.1) is 0 Å². The summed E-state index contributed by atoms with van der Waals surface area (Å²) in [7, 11) is 0. The van der Waals surface area contributed by atoms with Gasteiger partial charge in [-0.3, -0.25) is 24.0 Å². The Kier molecular flexibility index (Phi) is 12.5. The topological polar surface area (TPSA) is 251 Å². The molecule has 4 amide bonds. The predicted molar refractivity (Wildman–Crippen MR) is 109 cm³/mol. The maximum Gasteiger partial charge on any atom is 0.326 e.